The highest BCUT2D eigenvalue weighted by Crippen LogP contribution is 2.19. The molecule has 0 atom stereocenters. The first-order valence-electron chi connectivity index (χ1n) is 5.82. The number of Topliss-reactive ketones (excluding diaryl/α,β-unsaturated/α-hetero) is 1. The van der Waals surface area contributed by atoms with Crippen molar-refractivity contribution in [2.45, 2.75) is 6.42 Å². The molecule has 4 heteroatoms. The van der Waals surface area contributed by atoms with Crippen molar-refractivity contribution in [2.24, 2.45) is 0 Å². The highest BCUT2D eigenvalue weighted by atomic mass is 19.1. The lowest BCUT2D eigenvalue weighted by atomic mass is 10.0. The van der Waals surface area contributed by atoms with Crippen LogP contribution in [0.15, 0.2) is 42.5 Å². The van der Waals surface area contributed by atoms with E-state index in [-0.39, 0.29) is 23.5 Å². The van der Waals surface area contributed by atoms with Crippen LogP contribution in [-0.2, 0) is 6.42 Å². The van der Waals surface area contributed by atoms with Gasteiger partial charge in [-0.05, 0) is 29.8 Å². The molecule has 0 radical (unpaired) electrons. The van der Waals surface area contributed by atoms with E-state index in [9.17, 15) is 9.18 Å². The molecule has 0 aromatic heterocycles. The number of para-hydroxylation sites is 1. The number of hydrogen-bond donors (Lipinski definition) is 1. The van der Waals surface area contributed by atoms with E-state index >= 15 is 0 Å². The average Bonchev–Trinajstić information content (AvgIpc) is 2.42. The molecule has 0 unspecified atom stereocenters. The van der Waals surface area contributed by atoms with Crippen molar-refractivity contribution in [3.8, 4) is 5.75 Å². The Bertz CT molecular complexity index is 611. The first-order valence-corrected chi connectivity index (χ1v) is 5.82. The lowest BCUT2D eigenvalue weighted by Gasteiger charge is -2.07. The fourth-order valence-electron chi connectivity index (χ4n) is 1.84. The molecule has 2 aromatic rings. The van der Waals surface area contributed by atoms with Gasteiger partial charge in [-0.2, -0.15) is 0 Å². The van der Waals surface area contributed by atoms with E-state index in [1.807, 2.05) is 6.07 Å². The third kappa shape index (κ3) is 2.91. The summed E-state index contributed by atoms with van der Waals surface area (Å²) in [7, 11) is 1.56. The van der Waals surface area contributed by atoms with Crippen molar-refractivity contribution in [1.29, 1.82) is 0 Å². The van der Waals surface area contributed by atoms with Crippen LogP contribution in [0.4, 0.5) is 10.1 Å². The number of anilines is 1. The number of nitrogen functional groups attached to an aromatic ring is 1. The first-order chi connectivity index (χ1) is 9.11. The minimum atomic E-state index is -0.573. The Balaban J connectivity index is 2.23. The minimum Gasteiger partial charge on any atom is -0.497 e. The second-order valence-electron chi connectivity index (χ2n) is 4.15. The van der Waals surface area contributed by atoms with Crippen LogP contribution >= 0.6 is 0 Å². The van der Waals surface area contributed by atoms with Crippen molar-refractivity contribution in [2.75, 3.05) is 12.8 Å². The van der Waals surface area contributed by atoms with Crippen LogP contribution in [0, 0.1) is 5.82 Å². The predicted octanol–water partition coefficient (Wildman–Crippen LogP) is 2.84. The predicted molar refractivity (Wildman–Crippen MR) is 71.8 cm³/mol. The maximum Gasteiger partial charge on any atom is 0.169 e. The molecular formula is C15H14FNO2. The molecule has 0 saturated heterocycles. The topological polar surface area (TPSA) is 52.3 Å². The van der Waals surface area contributed by atoms with Gasteiger partial charge in [-0.3, -0.25) is 4.79 Å². The lowest BCUT2D eigenvalue weighted by Crippen LogP contribution is -2.08. The van der Waals surface area contributed by atoms with Crippen molar-refractivity contribution in [3.05, 3.63) is 59.4 Å². The first kappa shape index (κ1) is 13.1. The Labute approximate surface area is 110 Å². The van der Waals surface area contributed by atoms with Gasteiger partial charge in [-0.15, -0.1) is 0 Å². The maximum absolute atomic E-state index is 13.3. The summed E-state index contributed by atoms with van der Waals surface area (Å²) in [5.74, 6) is -0.112. The molecule has 0 bridgehead atoms. The van der Waals surface area contributed by atoms with E-state index in [0.29, 0.717) is 5.75 Å². The van der Waals surface area contributed by atoms with Gasteiger partial charge in [0.1, 0.15) is 11.6 Å². The van der Waals surface area contributed by atoms with E-state index in [4.69, 9.17) is 10.5 Å². The fourth-order valence-corrected chi connectivity index (χ4v) is 1.84. The highest BCUT2D eigenvalue weighted by Gasteiger charge is 2.13. The highest BCUT2D eigenvalue weighted by molar-refractivity contribution is 6.02. The molecule has 0 spiro atoms. The van der Waals surface area contributed by atoms with E-state index < -0.39 is 5.82 Å². The van der Waals surface area contributed by atoms with E-state index in [1.54, 1.807) is 25.3 Å². The number of carbonyl (C=O) groups is 1. The van der Waals surface area contributed by atoms with Gasteiger partial charge in [-0.25, -0.2) is 4.39 Å². The van der Waals surface area contributed by atoms with Crippen LogP contribution in [0.2, 0.25) is 0 Å². The number of rotatable bonds is 4. The molecule has 0 aliphatic rings. The molecule has 0 saturated carbocycles. The summed E-state index contributed by atoms with van der Waals surface area (Å²) in [5.41, 5.74) is 6.48. The molecule has 3 nitrogen and oxygen atoms in total. The zero-order chi connectivity index (χ0) is 13.8. The van der Waals surface area contributed by atoms with Crippen LogP contribution in [0.5, 0.6) is 5.75 Å². The SMILES string of the molecule is COc1cccc(CC(=O)c2cccc(F)c2N)c1. The average molecular weight is 259 g/mol. The van der Waals surface area contributed by atoms with Gasteiger partial charge in [0.25, 0.3) is 0 Å². The quantitative estimate of drug-likeness (QED) is 0.678. The largest absolute Gasteiger partial charge is 0.497 e. The summed E-state index contributed by atoms with van der Waals surface area (Å²) in [4.78, 5) is 12.1. The van der Waals surface area contributed by atoms with Gasteiger partial charge in [0.15, 0.2) is 5.78 Å². The zero-order valence-electron chi connectivity index (χ0n) is 10.5. The summed E-state index contributed by atoms with van der Waals surface area (Å²) in [6.07, 6.45) is 0.158. The Morgan fingerprint density at radius 2 is 2.00 bits per heavy atom. The van der Waals surface area contributed by atoms with Crippen LogP contribution in [-0.4, -0.2) is 12.9 Å². The molecule has 98 valence electrons. The van der Waals surface area contributed by atoms with Crippen LogP contribution in [0.25, 0.3) is 0 Å². The Morgan fingerprint density at radius 3 is 2.74 bits per heavy atom. The summed E-state index contributed by atoms with van der Waals surface area (Å²) >= 11 is 0. The third-order valence-corrected chi connectivity index (χ3v) is 2.85. The zero-order valence-corrected chi connectivity index (χ0v) is 10.5. The number of ketones is 1. The van der Waals surface area contributed by atoms with Gasteiger partial charge in [-0.1, -0.05) is 18.2 Å². The summed E-state index contributed by atoms with van der Waals surface area (Å²) in [5, 5.41) is 0. The van der Waals surface area contributed by atoms with Crippen LogP contribution < -0.4 is 10.5 Å². The van der Waals surface area contributed by atoms with Crippen molar-refractivity contribution >= 4 is 11.5 Å². The van der Waals surface area contributed by atoms with Crippen molar-refractivity contribution < 1.29 is 13.9 Å². The summed E-state index contributed by atoms with van der Waals surface area (Å²) < 4.78 is 18.4. The van der Waals surface area contributed by atoms with Gasteiger partial charge < -0.3 is 10.5 Å². The maximum atomic E-state index is 13.3. The molecule has 0 fully saturated rings. The van der Waals surface area contributed by atoms with Gasteiger partial charge in [0, 0.05) is 12.0 Å². The number of carbonyl (C=O) groups excluding carboxylic acids is 1. The Morgan fingerprint density at radius 1 is 1.26 bits per heavy atom. The van der Waals surface area contributed by atoms with Crippen molar-refractivity contribution in [3.63, 3.8) is 0 Å². The van der Waals surface area contributed by atoms with E-state index in [2.05, 4.69) is 0 Å². The standard InChI is InChI=1S/C15H14FNO2/c1-19-11-5-2-4-10(8-11)9-14(18)12-6-3-7-13(16)15(12)17/h2-8H,9,17H2,1H3. The fraction of sp³-hybridized carbons (Fsp3) is 0.133. The summed E-state index contributed by atoms with van der Waals surface area (Å²) in [6.45, 7) is 0. The number of benzene rings is 2. The number of hydrogen-bond acceptors (Lipinski definition) is 3. The summed E-state index contributed by atoms with van der Waals surface area (Å²) in [6, 6.07) is 11.4. The Kier molecular flexibility index (Phi) is 3.80. The lowest BCUT2D eigenvalue weighted by molar-refractivity contribution is 0.0993. The number of methoxy groups -OCH3 is 1. The van der Waals surface area contributed by atoms with Gasteiger partial charge in [0.2, 0.25) is 0 Å². The Hall–Kier alpha value is -2.36. The molecule has 2 rings (SSSR count). The number of nitrogens with two attached hydrogens (primary N) is 1. The minimum absolute atomic E-state index is 0.101. The second-order valence-corrected chi connectivity index (χ2v) is 4.15. The second kappa shape index (κ2) is 5.52. The molecule has 0 heterocycles. The van der Waals surface area contributed by atoms with Crippen molar-refractivity contribution in [1.82, 2.24) is 0 Å². The molecule has 0 aliphatic carbocycles. The number of halogens is 1. The molecule has 2 aromatic carbocycles. The number of ether oxygens (including phenoxy) is 1. The molecule has 0 aliphatic heterocycles. The molecule has 0 amide bonds. The van der Waals surface area contributed by atoms with Gasteiger partial charge >= 0.3 is 0 Å². The van der Waals surface area contributed by atoms with Crippen LogP contribution in [0.3, 0.4) is 0 Å². The normalized spacial score (nSPS) is 10.2. The van der Waals surface area contributed by atoms with Crippen LogP contribution in [0.1, 0.15) is 15.9 Å². The van der Waals surface area contributed by atoms with E-state index in [1.165, 1.54) is 18.2 Å². The third-order valence-electron chi connectivity index (χ3n) is 2.85. The molecular weight excluding hydrogens is 245 g/mol. The molecule has 2 N–H and O–H groups in total. The smallest absolute Gasteiger partial charge is 0.169 e. The monoisotopic (exact) mass is 259 g/mol. The molecule has 19 heavy (non-hydrogen) atoms. The van der Waals surface area contributed by atoms with E-state index in [0.717, 1.165) is 5.56 Å². The van der Waals surface area contributed by atoms with Gasteiger partial charge in [0.05, 0.1) is 12.8 Å².